The lowest BCUT2D eigenvalue weighted by molar-refractivity contribution is -0.127. The van der Waals surface area contributed by atoms with E-state index in [9.17, 15) is 4.79 Å². The highest BCUT2D eigenvalue weighted by Gasteiger charge is 2.16. The van der Waals surface area contributed by atoms with Crippen molar-refractivity contribution < 1.29 is 14.3 Å². The fourth-order valence-electron chi connectivity index (χ4n) is 3.12. The maximum atomic E-state index is 12.3. The first kappa shape index (κ1) is 17.3. The summed E-state index contributed by atoms with van der Waals surface area (Å²) >= 11 is 0. The number of methoxy groups -OCH3 is 1. The second-order valence-corrected chi connectivity index (χ2v) is 6.46. The number of carbonyl (C=O) groups excluding carboxylic acids is 1. The van der Waals surface area contributed by atoms with Crippen LogP contribution in [0.1, 0.15) is 36.5 Å². The van der Waals surface area contributed by atoms with Crippen molar-refractivity contribution in [1.29, 1.82) is 0 Å². The van der Waals surface area contributed by atoms with Gasteiger partial charge >= 0.3 is 0 Å². The standard InChI is InChI=1S/C21H25NO3/c1-15(21(23)22-14-16-7-10-19(24-2)11-8-16)25-20-12-9-17-5-3-4-6-18(17)13-20/h7-13,15H,3-6,14H2,1-2H3,(H,22,23). The molecule has 0 saturated heterocycles. The van der Waals surface area contributed by atoms with E-state index in [1.54, 1.807) is 14.0 Å². The molecule has 132 valence electrons. The molecule has 1 aliphatic carbocycles. The molecule has 1 aliphatic rings. The topological polar surface area (TPSA) is 47.6 Å². The molecule has 0 bridgehead atoms. The van der Waals surface area contributed by atoms with E-state index in [-0.39, 0.29) is 5.91 Å². The second kappa shape index (κ2) is 8.06. The van der Waals surface area contributed by atoms with Gasteiger partial charge in [-0.05, 0) is 73.6 Å². The molecular formula is C21H25NO3. The van der Waals surface area contributed by atoms with E-state index >= 15 is 0 Å². The summed E-state index contributed by atoms with van der Waals surface area (Å²) in [6.07, 6.45) is 4.21. The molecule has 0 radical (unpaired) electrons. The van der Waals surface area contributed by atoms with Crippen LogP contribution in [0.2, 0.25) is 0 Å². The average Bonchev–Trinajstić information content (AvgIpc) is 2.66. The maximum absolute atomic E-state index is 12.3. The van der Waals surface area contributed by atoms with Crippen LogP contribution in [0.3, 0.4) is 0 Å². The molecule has 2 aromatic rings. The molecule has 4 heteroatoms. The number of rotatable bonds is 6. The predicted molar refractivity (Wildman–Crippen MR) is 98.0 cm³/mol. The number of carbonyl (C=O) groups is 1. The molecule has 3 rings (SSSR count). The Kier molecular flexibility index (Phi) is 5.59. The number of hydrogen-bond donors (Lipinski definition) is 1. The molecule has 1 amide bonds. The number of benzene rings is 2. The highest BCUT2D eigenvalue weighted by atomic mass is 16.5. The molecular weight excluding hydrogens is 314 g/mol. The van der Waals surface area contributed by atoms with E-state index in [1.807, 2.05) is 30.3 Å². The molecule has 2 aromatic carbocycles. The normalized spacial score (nSPS) is 14.3. The maximum Gasteiger partial charge on any atom is 0.261 e. The lowest BCUT2D eigenvalue weighted by atomic mass is 9.92. The minimum atomic E-state index is -0.528. The Labute approximate surface area is 149 Å². The quantitative estimate of drug-likeness (QED) is 0.874. The summed E-state index contributed by atoms with van der Waals surface area (Å²) in [7, 11) is 1.64. The number of ether oxygens (including phenoxy) is 2. The van der Waals surface area contributed by atoms with Gasteiger partial charge in [-0.25, -0.2) is 0 Å². The van der Waals surface area contributed by atoms with Gasteiger partial charge in [0.1, 0.15) is 11.5 Å². The molecule has 4 nitrogen and oxygen atoms in total. The van der Waals surface area contributed by atoms with E-state index < -0.39 is 6.10 Å². The third-order valence-corrected chi connectivity index (χ3v) is 4.63. The van der Waals surface area contributed by atoms with Crippen LogP contribution in [0, 0.1) is 0 Å². The summed E-state index contributed by atoms with van der Waals surface area (Å²) < 4.78 is 11.0. The number of aryl methyl sites for hydroxylation is 2. The van der Waals surface area contributed by atoms with Crippen LogP contribution in [-0.2, 0) is 24.2 Å². The van der Waals surface area contributed by atoms with Gasteiger partial charge in [-0.3, -0.25) is 4.79 Å². The van der Waals surface area contributed by atoms with Gasteiger partial charge in [0.05, 0.1) is 7.11 Å². The van der Waals surface area contributed by atoms with E-state index in [1.165, 1.54) is 24.0 Å². The van der Waals surface area contributed by atoms with Crippen LogP contribution in [0.25, 0.3) is 0 Å². The zero-order valence-corrected chi connectivity index (χ0v) is 14.9. The Morgan fingerprint density at radius 2 is 1.72 bits per heavy atom. The molecule has 1 unspecified atom stereocenters. The first-order valence-corrected chi connectivity index (χ1v) is 8.85. The van der Waals surface area contributed by atoms with Gasteiger partial charge in [0, 0.05) is 6.54 Å². The van der Waals surface area contributed by atoms with Gasteiger partial charge in [-0.2, -0.15) is 0 Å². The minimum absolute atomic E-state index is 0.117. The summed E-state index contributed by atoms with van der Waals surface area (Å²) in [5, 5.41) is 2.91. The van der Waals surface area contributed by atoms with E-state index in [2.05, 4.69) is 17.4 Å². The van der Waals surface area contributed by atoms with Crippen LogP contribution >= 0.6 is 0 Å². The molecule has 0 aliphatic heterocycles. The van der Waals surface area contributed by atoms with Crippen molar-refractivity contribution in [3.8, 4) is 11.5 Å². The summed E-state index contributed by atoms with van der Waals surface area (Å²) in [4.78, 5) is 12.3. The number of amides is 1. The van der Waals surface area contributed by atoms with E-state index in [0.717, 1.165) is 29.9 Å². The SMILES string of the molecule is COc1ccc(CNC(=O)C(C)Oc2ccc3c(c2)CCCC3)cc1. The monoisotopic (exact) mass is 339 g/mol. The predicted octanol–water partition coefficient (Wildman–Crippen LogP) is 3.66. The van der Waals surface area contributed by atoms with Crippen molar-refractivity contribution in [1.82, 2.24) is 5.32 Å². The third-order valence-electron chi connectivity index (χ3n) is 4.63. The first-order valence-electron chi connectivity index (χ1n) is 8.85. The average molecular weight is 339 g/mol. The molecule has 0 heterocycles. The van der Waals surface area contributed by atoms with Crippen LogP contribution < -0.4 is 14.8 Å². The Morgan fingerprint density at radius 1 is 1.04 bits per heavy atom. The highest BCUT2D eigenvalue weighted by Crippen LogP contribution is 2.25. The number of hydrogen-bond acceptors (Lipinski definition) is 3. The zero-order chi connectivity index (χ0) is 17.6. The summed E-state index contributed by atoms with van der Waals surface area (Å²) in [5.41, 5.74) is 3.79. The summed E-state index contributed by atoms with van der Waals surface area (Å²) in [6, 6.07) is 13.8. The number of fused-ring (bicyclic) bond motifs is 1. The van der Waals surface area contributed by atoms with Gasteiger partial charge in [0.25, 0.3) is 5.91 Å². The van der Waals surface area contributed by atoms with Crippen LogP contribution in [-0.4, -0.2) is 19.1 Å². The molecule has 0 aromatic heterocycles. The Hall–Kier alpha value is -2.49. The number of nitrogens with one attached hydrogen (secondary N) is 1. The smallest absolute Gasteiger partial charge is 0.261 e. The summed E-state index contributed by atoms with van der Waals surface area (Å²) in [6.45, 7) is 2.25. The molecule has 1 atom stereocenters. The van der Waals surface area contributed by atoms with Crippen molar-refractivity contribution in [2.75, 3.05) is 7.11 Å². The van der Waals surface area contributed by atoms with Gasteiger partial charge in [-0.15, -0.1) is 0 Å². The van der Waals surface area contributed by atoms with Crippen molar-refractivity contribution in [2.24, 2.45) is 0 Å². The fraction of sp³-hybridized carbons (Fsp3) is 0.381. The molecule has 1 N–H and O–H groups in total. The van der Waals surface area contributed by atoms with Crippen molar-refractivity contribution >= 4 is 5.91 Å². The molecule has 0 saturated carbocycles. The van der Waals surface area contributed by atoms with Gasteiger partial charge in [0.15, 0.2) is 6.10 Å². The highest BCUT2D eigenvalue weighted by molar-refractivity contribution is 5.80. The Balaban J connectivity index is 1.53. The van der Waals surface area contributed by atoms with Crippen LogP contribution in [0.15, 0.2) is 42.5 Å². The Bertz CT molecular complexity index is 724. The fourth-order valence-corrected chi connectivity index (χ4v) is 3.12. The summed E-state index contributed by atoms with van der Waals surface area (Å²) in [5.74, 6) is 1.46. The lowest BCUT2D eigenvalue weighted by Crippen LogP contribution is -2.35. The van der Waals surface area contributed by atoms with Gasteiger partial charge in [-0.1, -0.05) is 18.2 Å². The largest absolute Gasteiger partial charge is 0.497 e. The first-order chi connectivity index (χ1) is 12.2. The molecule has 25 heavy (non-hydrogen) atoms. The molecule has 0 fully saturated rings. The van der Waals surface area contributed by atoms with Crippen molar-refractivity contribution in [2.45, 2.75) is 45.3 Å². The van der Waals surface area contributed by atoms with Gasteiger partial charge < -0.3 is 14.8 Å². The van der Waals surface area contributed by atoms with E-state index in [0.29, 0.717) is 6.54 Å². The van der Waals surface area contributed by atoms with Crippen molar-refractivity contribution in [3.05, 3.63) is 59.2 Å². The molecule has 0 spiro atoms. The van der Waals surface area contributed by atoms with Crippen LogP contribution in [0.5, 0.6) is 11.5 Å². The lowest BCUT2D eigenvalue weighted by Gasteiger charge is -2.19. The third kappa shape index (κ3) is 4.53. The minimum Gasteiger partial charge on any atom is -0.497 e. The van der Waals surface area contributed by atoms with Gasteiger partial charge in [0.2, 0.25) is 0 Å². The Morgan fingerprint density at radius 3 is 2.44 bits per heavy atom. The van der Waals surface area contributed by atoms with Crippen molar-refractivity contribution in [3.63, 3.8) is 0 Å². The zero-order valence-electron chi connectivity index (χ0n) is 14.9. The second-order valence-electron chi connectivity index (χ2n) is 6.46. The van der Waals surface area contributed by atoms with Crippen LogP contribution in [0.4, 0.5) is 0 Å². The van der Waals surface area contributed by atoms with E-state index in [4.69, 9.17) is 9.47 Å².